The van der Waals surface area contributed by atoms with Crippen molar-refractivity contribution in [3.8, 4) is 5.75 Å². The number of amides is 1. The molecule has 0 radical (unpaired) electrons. The first-order valence-electron chi connectivity index (χ1n) is 9.08. The van der Waals surface area contributed by atoms with Crippen molar-refractivity contribution in [2.75, 3.05) is 51.8 Å². The number of anilines is 2. The standard InChI is InChI=1S/C19H23N5O3/c1-26-17-11-14(22-19-20-5-2-6-21-19)3-4-16(17)18(25)24-12-15(13-24)23-7-9-27-10-8-23/h2-6,11,15H,7-10,12-13H2,1H3,(H,20,21,22). The van der Waals surface area contributed by atoms with Gasteiger partial charge in [0.05, 0.1) is 25.9 Å². The second kappa shape index (κ2) is 7.89. The number of carbonyl (C=O) groups excluding carboxylic acids is 1. The number of aromatic nitrogens is 2. The van der Waals surface area contributed by atoms with E-state index in [9.17, 15) is 4.79 Å². The van der Waals surface area contributed by atoms with Crippen LogP contribution in [0.5, 0.6) is 5.75 Å². The summed E-state index contributed by atoms with van der Waals surface area (Å²) in [7, 11) is 1.57. The van der Waals surface area contributed by atoms with Crippen LogP contribution >= 0.6 is 0 Å². The summed E-state index contributed by atoms with van der Waals surface area (Å²) in [6.45, 7) is 4.94. The van der Waals surface area contributed by atoms with E-state index in [-0.39, 0.29) is 5.91 Å². The molecule has 1 amide bonds. The lowest BCUT2D eigenvalue weighted by atomic mass is 10.0. The third-order valence-electron chi connectivity index (χ3n) is 4.97. The molecule has 8 nitrogen and oxygen atoms in total. The Bertz CT molecular complexity index is 789. The number of carbonyl (C=O) groups is 1. The molecule has 2 aromatic rings. The van der Waals surface area contributed by atoms with Crippen molar-refractivity contribution in [3.05, 3.63) is 42.2 Å². The number of hydrogen-bond donors (Lipinski definition) is 1. The Morgan fingerprint density at radius 2 is 1.96 bits per heavy atom. The molecule has 2 fully saturated rings. The average Bonchev–Trinajstić information content (AvgIpc) is 2.68. The maximum absolute atomic E-state index is 12.9. The second-order valence-corrected chi connectivity index (χ2v) is 6.62. The van der Waals surface area contributed by atoms with Crippen molar-refractivity contribution >= 4 is 17.5 Å². The minimum atomic E-state index is -0.00105. The Hall–Kier alpha value is -2.71. The van der Waals surface area contributed by atoms with E-state index in [1.165, 1.54) is 0 Å². The van der Waals surface area contributed by atoms with Gasteiger partial charge in [0, 0.05) is 56.4 Å². The molecule has 0 unspecified atom stereocenters. The van der Waals surface area contributed by atoms with Crippen molar-refractivity contribution in [2.45, 2.75) is 6.04 Å². The molecule has 0 bridgehead atoms. The van der Waals surface area contributed by atoms with Crippen LogP contribution in [-0.2, 0) is 4.74 Å². The van der Waals surface area contributed by atoms with Gasteiger partial charge in [-0.1, -0.05) is 0 Å². The van der Waals surface area contributed by atoms with Gasteiger partial charge in [0.1, 0.15) is 5.75 Å². The van der Waals surface area contributed by atoms with Gasteiger partial charge in [-0.15, -0.1) is 0 Å². The van der Waals surface area contributed by atoms with Crippen LogP contribution in [0, 0.1) is 0 Å². The normalized spacial score (nSPS) is 18.0. The van der Waals surface area contributed by atoms with Crippen molar-refractivity contribution < 1.29 is 14.3 Å². The number of nitrogens with zero attached hydrogens (tertiary/aromatic N) is 4. The zero-order valence-corrected chi connectivity index (χ0v) is 15.3. The molecule has 4 rings (SSSR count). The summed E-state index contributed by atoms with van der Waals surface area (Å²) in [5.41, 5.74) is 1.34. The molecule has 1 aromatic carbocycles. The molecule has 2 aliphatic rings. The fraction of sp³-hybridized carbons (Fsp3) is 0.421. The van der Waals surface area contributed by atoms with Crippen LogP contribution in [0.15, 0.2) is 36.7 Å². The molecule has 27 heavy (non-hydrogen) atoms. The third-order valence-corrected chi connectivity index (χ3v) is 4.97. The van der Waals surface area contributed by atoms with E-state index in [0.29, 0.717) is 23.3 Å². The highest BCUT2D eigenvalue weighted by Crippen LogP contribution is 2.28. The number of likely N-dealkylation sites (tertiary alicyclic amines) is 1. The van der Waals surface area contributed by atoms with Gasteiger partial charge < -0.3 is 19.7 Å². The molecule has 1 aromatic heterocycles. The smallest absolute Gasteiger partial charge is 0.257 e. The second-order valence-electron chi connectivity index (χ2n) is 6.62. The molecule has 2 aliphatic heterocycles. The minimum absolute atomic E-state index is 0.00105. The number of hydrogen-bond acceptors (Lipinski definition) is 7. The number of nitrogens with one attached hydrogen (secondary N) is 1. The Morgan fingerprint density at radius 1 is 1.22 bits per heavy atom. The largest absolute Gasteiger partial charge is 0.496 e. The van der Waals surface area contributed by atoms with E-state index in [1.807, 2.05) is 11.0 Å². The molecular formula is C19H23N5O3. The number of ether oxygens (including phenoxy) is 2. The lowest BCUT2D eigenvalue weighted by Gasteiger charge is -2.46. The Balaban J connectivity index is 1.41. The summed E-state index contributed by atoms with van der Waals surface area (Å²) in [4.78, 5) is 25.4. The fourth-order valence-corrected chi connectivity index (χ4v) is 3.40. The average molecular weight is 369 g/mol. The molecule has 0 spiro atoms. The first-order chi connectivity index (χ1) is 13.2. The molecular weight excluding hydrogens is 346 g/mol. The van der Waals surface area contributed by atoms with Gasteiger partial charge in [-0.05, 0) is 18.2 Å². The third kappa shape index (κ3) is 3.86. The lowest BCUT2D eigenvalue weighted by molar-refractivity contribution is -0.0256. The van der Waals surface area contributed by atoms with E-state index in [4.69, 9.17) is 9.47 Å². The molecule has 0 saturated carbocycles. The van der Waals surface area contributed by atoms with Gasteiger partial charge in [-0.25, -0.2) is 9.97 Å². The summed E-state index contributed by atoms with van der Waals surface area (Å²) in [6.07, 6.45) is 3.33. The van der Waals surface area contributed by atoms with Crippen LogP contribution in [0.1, 0.15) is 10.4 Å². The SMILES string of the molecule is COc1cc(Nc2ncccn2)ccc1C(=O)N1CC(N2CCOCC2)C1. The maximum Gasteiger partial charge on any atom is 0.257 e. The zero-order chi connectivity index (χ0) is 18.6. The summed E-state index contributed by atoms with van der Waals surface area (Å²) in [5.74, 6) is 1.03. The molecule has 3 heterocycles. The van der Waals surface area contributed by atoms with Gasteiger partial charge in [0.15, 0.2) is 0 Å². The fourth-order valence-electron chi connectivity index (χ4n) is 3.40. The van der Waals surface area contributed by atoms with Gasteiger partial charge in [0.2, 0.25) is 5.95 Å². The molecule has 0 aliphatic carbocycles. The van der Waals surface area contributed by atoms with E-state index in [1.54, 1.807) is 37.7 Å². The van der Waals surface area contributed by atoms with E-state index in [0.717, 1.165) is 45.1 Å². The monoisotopic (exact) mass is 369 g/mol. The van der Waals surface area contributed by atoms with Crippen LogP contribution < -0.4 is 10.1 Å². The predicted octanol–water partition coefficient (Wildman–Crippen LogP) is 1.39. The minimum Gasteiger partial charge on any atom is -0.496 e. The summed E-state index contributed by atoms with van der Waals surface area (Å²) in [5, 5.41) is 3.11. The van der Waals surface area contributed by atoms with Crippen molar-refractivity contribution in [3.63, 3.8) is 0 Å². The quantitative estimate of drug-likeness (QED) is 0.853. The number of benzene rings is 1. The van der Waals surface area contributed by atoms with Crippen molar-refractivity contribution in [1.82, 2.24) is 19.8 Å². The van der Waals surface area contributed by atoms with Gasteiger partial charge in [-0.3, -0.25) is 9.69 Å². The molecule has 2 saturated heterocycles. The van der Waals surface area contributed by atoms with Crippen LogP contribution in [0.4, 0.5) is 11.6 Å². The topological polar surface area (TPSA) is 79.8 Å². The molecule has 1 N–H and O–H groups in total. The Labute approximate surface area is 158 Å². The van der Waals surface area contributed by atoms with E-state index < -0.39 is 0 Å². The maximum atomic E-state index is 12.9. The van der Waals surface area contributed by atoms with E-state index in [2.05, 4.69) is 20.2 Å². The number of rotatable bonds is 5. The summed E-state index contributed by atoms with van der Waals surface area (Å²) in [6, 6.07) is 7.60. The predicted molar refractivity (Wildman–Crippen MR) is 100 cm³/mol. The molecule has 142 valence electrons. The van der Waals surface area contributed by atoms with E-state index >= 15 is 0 Å². The highest BCUT2D eigenvalue weighted by molar-refractivity contribution is 5.98. The van der Waals surface area contributed by atoms with Crippen LogP contribution in [0.25, 0.3) is 0 Å². The van der Waals surface area contributed by atoms with Crippen LogP contribution in [0.3, 0.4) is 0 Å². The summed E-state index contributed by atoms with van der Waals surface area (Å²) < 4.78 is 10.8. The highest BCUT2D eigenvalue weighted by Gasteiger charge is 2.36. The summed E-state index contributed by atoms with van der Waals surface area (Å²) >= 11 is 0. The van der Waals surface area contributed by atoms with Crippen molar-refractivity contribution in [2.24, 2.45) is 0 Å². The Morgan fingerprint density at radius 3 is 2.67 bits per heavy atom. The highest BCUT2D eigenvalue weighted by atomic mass is 16.5. The molecule has 0 atom stereocenters. The number of methoxy groups -OCH3 is 1. The van der Waals surface area contributed by atoms with Crippen molar-refractivity contribution in [1.29, 1.82) is 0 Å². The van der Waals surface area contributed by atoms with Gasteiger partial charge in [-0.2, -0.15) is 0 Å². The lowest BCUT2D eigenvalue weighted by Crippen LogP contribution is -2.62. The number of morpholine rings is 1. The van der Waals surface area contributed by atoms with Crippen LogP contribution in [-0.4, -0.2) is 78.2 Å². The first-order valence-corrected chi connectivity index (χ1v) is 9.08. The van der Waals surface area contributed by atoms with Gasteiger partial charge in [0.25, 0.3) is 5.91 Å². The molecule has 8 heteroatoms. The first kappa shape index (κ1) is 17.7. The van der Waals surface area contributed by atoms with Crippen LogP contribution in [0.2, 0.25) is 0 Å². The Kier molecular flexibility index (Phi) is 5.17. The van der Waals surface area contributed by atoms with Gasteiger partial charge >= 0.3 is 0 Å². The zero-order valence-electron chi connectivity index (χ0n) is 15.3.